The fourth-order valence-corrected chi connectivity index (χ4v) is 4.50. The normalized spacial score (nSPS) is 12.3. The van der Waals surface area contributed by atoms with Gasteiger partial charge in [0.15, 0.2) is 0 Å². The maximum Gasteiger partial charge on any atom is 0.268 e. The minimum atomic E-state index is -3.65. The van der Waals surface area contributed by atoms with Crippen LogP contribution in [0.2, 0.25) is 0 Å². The first kappa shape index (κ1) is 20.0. The minimum absolute atomic E-state index is 0.365. The van der Waals surface area contributed by atoms with E-state index in [9.17, 15) is 8.42 Å². The summed E-state index contributed by atoms with van der Waals surface area (Å²) >= 11 is 0. The molecule has 0 atom stereocenters. The summed E-state index contributed by atoms with van der Waals surface area (Å²) in [6.07, 6.45) is 6.99. The van der Waals surface area contributed by atoms with Crippen molar-refractivity contribution in [2.45, 2.75) is 46.4 Å². The molecular weight excluding hydrogens is 318 g/mol. The standard InChI is InChI=1S/C18H21NO2S.C2H6/c1-6-7-8-17-14(3)9-10-19(17)22(20,21)18-15(4)11-13(2)12-16(18)5;1-2/h6-12H,3H2,1-2,4-5H3;1-2H3/b7-6-,17-8+;. The zero-order chi connectivity index (χ0) is 18.5. The summed E-state index contributed by atoms with van der Waals surface area (Å²) in [7, 11) is -3.65. The first-order chi connectivity index (χ1) is 11.3. The van der Waals surface area contributed by atoms with Crippen LogP contribution in [0, 0.1) is 20.8 Å². The van der Waals surface area contributed by atoms with Crippen molar-refractivity contribution in [3.05, 3.63) is 63.8 Å². The Hall–Kier alpha value is -2.07. The molecule has 0 saturated carbocycles. The van der Waals surface area contributed by atoms with E-state index in [0.717, 1.165) is 16.7 Å². The van der Waals surface area contributed by atoms with Crippen LogP contribution in [0.3, 0.4) is 0 Å². The molecule has 2 aromatic rings. The lowest BCUT2D eigenvalue weighted by atomic mass is 10.1. The molecule has 0 unspecified atom stereocenters. The van der Waals surface area contributed by atoms with Crippen LogP contribution in [-0.2, 0) is 10.0 Å². The van der Waals surface area contributed by atoms with Crippen LogP contribution in [0.4, 0.5) is 0 Å². The van der Waals surface area contributed by atoms with E-state index in [1.165, 1.54) is 3.97 Å². The van der Waals surface area contributed by atoms with Gasteiger partial charge in [-0.3, -0.25) is 0 Å². The van der Waals surface area contributed by atoms with Gasteiger partial charge in [0, 0.05) is 6.20 Å². The lowest BCUT2D eigenvalue weighted by Crippen LogP contribution is -2.32. The number of benzene rings is 1. The molecule has 24 heavy (non-hydrogen) atoms. The lowest BCUT2D eigenvalue weighted by molar-refractivity contribution is 0.585. The average molecular weight is 346 g/mol. The molecule has 1 aromatic heterocycles. The predicted octanol–water partition coefficient (Wildman–Crippen LogP) is 3.44. The molecule has 1 heterocycles. The van der Waals surface area contributed by atoms with E-state index in [4.69, 9.17) is 0 Å². The maximum atomic E-state index is 13.1. The summed E-state index contributed by atoms with van der Waals surface area (Å²) < 4.78 is 27.5. The molecular formula is C20H27NO2S. The van der Waals surface area contributed by atoms with Crippen molar-refractivity contribution in [1.82, 2.24) is 3.97 Å². The summed E-state index contributed by atoms with van der Waals surface area (Å²) in [5.74, 6) is 0. The van der Waals surface area contributed by atoms with E-state index in [0.29, 0.717) is 15.5 Å². The molecule has 1 aromatic carbocycles. The molecule has 0 radical (unpaired) electrons. The summed E-state index contributed by atoms with van der Waals surface area (Å²) in [6, 6.07) is 5.50. The van der Waals surface area contributed by atoms with Crippen molar-refractivity contribution >= 4 is 22.7 Å². The number of aryl methyl sites for hydroxylation is 3. The third-order valence-electron chi connectivity index (χ3n) is 3.55. The Morgan fingerprint density at radius 3 is 2.12 bits per heavy atom. The summed E-state index contributed by atoms with van der Waals surface area (Å²) in [5, 5.41) is 1.27. The Balaban J connectivity index is 0.00000139. The first-order valence-electron chi connectivity index (χ1n) is 8.11. The topological polar surface area (TPSA) is 39.1 Å². The third-order valence-corrected chi connectivity index (χ3v) is 5.54. The van der Waals surface area contributed by atoms with Crippen LogP contribution in [0.25, 0.3) is 12.7 Å². The van der Waals surface area contributed by atoms with E-state index in [-0.39, 0.29) is 0 Å². The number of hydrogen-bond donors (Lipinski definition) is 0. The van der Waals surface area contributed by atoms with Crippen LogP contribution in [0.15, 0.2) is 41.4 Å². The monoisotopic (exact) mass is 345 g/mol. The molecule has 0 saturated heterocycles. The Morgan fingerprint density at radius 1 is 1.08 bits per heavy atom. The van der Waals surface area contributed by atoms with Crippen LogP contribution in [0.5, 0.6) is 0 Å². The van der Waals surface area contributed by atoms with E-state index >= 15 is 0 Å². The second kappa shape index (κ2) is 8.15. The van der Waals surface area contributed by atoms with Crippen LogP contribution < -0.4 is 10.6 Å². The average Bonchev–Trinajstić information content (AvgIpc) is 2.87. The first-order valence-corrected chi connectivity index (χ1v) is 9.55. The predicted molar refractivity (Wildman–Crippen MR) is 103 cm³/mol. The maximum absolute atomic E-state index is 13.1. The van der Waals surface area contributed by atoms with E-state index in [2.05, 4.69) is 6.58 Å². The highest BCUT2D eigenvalue weighted by atomic mass is 32.2. The number of hydrogen-bond acceptors (Lipinski definition) is 2. The van der Waals surface area contributed by atoms with Crippen LogP contribution >= 0.6 is 0 Å². The van der Waals surface area contributed by atoms with Gasteiger partial charge in [-0.15, -0.1) is 0 Å². The molecule has 0 aliphatic rings. The molecule has 0 amide bonds. The molecule has 0 aliphatic carbocycles. The highest BCUT2D eigenvalue weighted by Gasteiger charge is 2.22. The summed E-state index contributed by atoms with van der Waals surface area (Å²) in [6.45, 7) is 15.4. The van der Waals surface area contributed by atoms with E-state index in [1.807, 2.05) is 65.8 Å². The van der Waals surface area contributed by atoms with E-state index in [1.54, 1.807) is 18.3 Å². The molecule has 3 nitrogen and oxygen atoms in total. The fraction of sp³-hybridized carbons (Fsp3) is 0.300. The molecule has 0 fully saturated rings. The van der Waals surface area contributed by atoms with Gasteiger partial charge in [-0.1, -0.05) is 50.3 Å². The van der Waals surface area contributed by atoms with Crippen LogP contribution in [-0.4, -0.2) is 12.4 Å². The van der Waals surface area contributed by atoms with Gasteiger partial charge in [-0.25, -0.2) is 12.4 Å². The van der Waals surface area contributed by atoms with Gasteiger partial charge in [0.05, 0.1) is 10.2 Å². The lowest BCUT2D eigenvalue weighted by Gasteiger charge is -2.13. The van der Waals surface area contributed by atoms with Gasteiger partial charge < -0.3 is 0 Å². The minimum Gasteiger partial charge on any atom is -0.241 e. The van der Waals surface area contributed by atoms with Crippen molar-refractivity contribution < 1.29 is 8.42 Å². The smallest absolute Gasteiger partial charge is 0.241 e. The largest absolute Gasteiger partial charge is 0.268 e. The fourth-order valence-electron chi connectivity index (χ4n) is 2.71. The van der Waals surface area contributed by atoms with Crippen molar-refractivity contribution in [2.24, 2.45) is 0 Å². The highest BCUT2D eigenvalue weighted by molar-refractivity contribution is 7.90. The second-order valence-corrected chi connectivity index (χ2v) is 7.20. The Labute approximate surface area is 145 Å². The highest BCUT2D eigenvalue weighted by Crippen LogP contribution is 2.23. The van der Waals surface area contributed by atoms with Crippen molar-refractivity contribution in [1.29, 1.82) is 0 Å². The molecule has 0 bridgehead atoms. The number of aromatic nitrogens is 1. The second-order valence-electron chi connectivity index (χ2n) is 5.45. The van der Waals surface area contributed by atoms with Gasteiger partial charge in [-0.05, 0) is 56.2 Å². The Morgan fingerprint density at radius 2 is 1.62 bits per heavy atom. The van der Waals surface area contributed by atoms with E-state index < -0.39 is 10.0 Å². The van der Waals surface area contributed by atoms with Gasteiger partial charge in [0.25, 0.3) is 10.0 Å². The van der Waals surface area contributed by atoms with Gasteiger partial charge in [-0.2, -0.15) is 0 Å². The quantitative estimate of drug-likeness (QED) is 0.855. The van der Waals surface area contributed by atoms with Gasteiger partial charge in [0.1, 0.15) is 0 Å². The molecule has 0 N–H and O–H groups in total. The van der Waals surface area contributed by atoms with Gasteiger partial charge in [0.2, 0.25) is 0 Å². The Kier molecular flexibility index (Phi) is 6.79. The Bertz CT molecular complexity index is 925. The SMILES string of the molecule is C=c1ccn(S(=O)(=O)c2c(C)cc(C)cc2C)/c1=C/C=C\C.CC. The van der Waals surface area contributed by atoms with Crippen molar-refractivity contribution in [2.75, 3.05) is 0 Å². The number of rotatable bonds is 3. The third kappa shape index (κ3) is 3.88. The summed E-state index contributed by atoms with van der Waals surface area (Å²) in [4.78, 5) is 0.365. The molecule has 0 aliphatic heterocycles. The van der Waals surface area contributed by atoms with Gasteiger partial charge >= 0.3 is 0 Å². The zero-order valence-corrected chi connectivity index (χ0v) is 16.2. The number of nitrogens with zero attached hydrogens (tertiary/aromatic N) is 1. The zero-order valence-electron chi connectivity index (χ0n) is 15.4. The van der Waals surface area contributed by atoms with Crippen molar-refractivity contribution in [3.8, 4) is 0 Å². The summed E-state index contributed by atoms with van der Waals surface area (Å²) in [5.41, 5.74) is 2.57. The van der Waals surface area contributed by atoms with Crippen molar-refractivity contribution in [3.63, 3.8) is 0 Å². The van der Waals surface area contributed by atoms with Crippen LogP contribution in [0.1, 0.15) is 37.5 Å². The molecule has 2 rings (SSSR count). The number of allylic oxidation sites excluding steroid dienone is 2. The molecule has 4 heteroatoms. The molecule has 130 valence electrons. The molecule has 0 spiro atoms.